The largest absolute Gasteiger partial charge is 0.497 e. The molecule has 24 heavy (non-hydrogen) atoms. The molecule has 0 radical (unpaired) electrons. The molecule has 0 aromatic heterocycles. The van der Waals surface area contributed by atoms with Crippen LogP contribution in [0, 0.1) is 13.8 Å². The van der Waals surface area contributed by atoms with Crippen LogP contribution in [0.25, 0.3) is 6.08 Å². The van der Waals surface area contributed by atoms with Gasteiger partial charge in [0.15, 0.2) is 0 Å². The first-order valence-electron chi connectivity index (χ1n) is 7.58. The molecule has 1 fully saturated rings. The Labute approximate surface area is 140 Å². The van der Waals surface area contributed by atoms with Gasteiger partial charge in [-0.25, -0.2) is 5.01 Å². The van der Waals surface area contributed by atoms with E-state index >= 15 is 0 Å². The third-order valence-corrected chi connectivity index (χ3v) is 3.91. The molecule has 5 heteroatoms. The summed E-state index contributed by atoms with van der Waals surface area (Å²) in [6.07, 6.45) is 1.58. The highest BCUT2D eigenvalue weighted by Crippen LogP contribution is 2.25. The minimum Gasteiger partial charge on any atom is -0.497 e. The normalized spacial score (nSPS) is 15.8. The number of hydrogen-bond acceptors (Lipinski definition) is 3. The molecule has 0 spiro atoms. The number of aryl methyl sites for hydroxylation is 2. The maximum Gasteiger partial charge on any atom is 0.282 e. The summed E-state index contributed by atoms with van der Waals surface area (Å²) in [6, 6.07) is 12.9. The molecule has 1 aliphatic rings. The molecule has 5 nitrogen and oxygen atoms in total. The number of rotatable bonds is 3. The Kier molecular flexibility index (Phi) is 4.08. The van der Waals surface area contributed by atoms with Gasteiger partial charge in [-0.05, 0) is 49.2 Å². The highest BCUT2D eigenvalue weighted by atomic mass is 16.5. The molecule has 1 N–H and O–H groups in total. The predicted octanol–water partition coefficient (Wildman–Crippen LogP) is 2.77. The van der Waals surface area contributed by atoms with Crippen LogP contribution in [0.15, 0.2) is 48.0 Å². The molecule has 1 aliphatic heterocycles. The second-order valence-electron chi connectivity index (χ2n) is 5.70. The summed E-state index contributed by atoms with van der Waals surface area (Å²) in [5.41, 5.74) is 6.20. The van der Waals surface area contributed by atoms with E-state index in [-0.39, 0.29) is 11.5 Å². The summed E-state index contributed by atoms with van der Waals surface area (Å²) in [5, 5.41) is 1.30. The van der Waals surface area contributed by atoms with Gasteiger partial charge in [-0.15, -0.1) is 0 Å². The van der Waals surface area contributed by atoms with Gasteiger partial charge in [-0.2, -0.15) is 0 Å². The summed E-state index contributed by atoms with van der Waals surface area (Å²) in [4.78, 5) is 24.8. The fourth-order valence-corrected chi connectivity index (χ4v) is 2.65. The number of amides is 2. The van der Waals surface area contributed by atoms with Gasteiger partial charge in [0.05, 0.1) is 12.8 Å². The van der Waals surface area contributed by atoms with Gasteiger partial charge in [0.25, 0.3) is 11.8 Å². The molecule has 3 rings (SSSR count). The Morgan fingerprint density at radius 1 is 1.04 bits per heavy atom. The smallest absolute Gasteiger partial charge is 0.282 e. The van der Waals surface area contributed by atoms with Gasteiger partial charge in [-0.1, -0.05) is 29.8 Å². The van der Waals surface area contributed by atoms with Crippen molar-refractivity contribution in [3.8, 4) is 5.75 Å². The SMILES string of the molecule is COc1ccc(C=C2C(=O)NN(c3ccc(C)cc3C)C2=O)cc1. The molecule has 0 atom stereocenters. The van der Waals surface area contributed by atoms with Crippen molar-refractivity contribution >= 4 is 23.6 Å². The average Bonchev–Trinajstić information content (AvgIpc) is 2.84. The number of anilines is 1. The Balaban J connectivity index is 1.92. The maximum atomic E-state index is 12.6. The van der Waals surface area contributed by atoms with Gasteiger partial charge in [0, 0.05) is 0 Å². The van der Waals surface area contributed by atoms with Crippen LogP contribution in [-0.2, 0) is 9.59 Å². The van der Waals surface area contributed by atoms with Crippen LogP contribution in [0.2, 0.25) is 0 Å². The zero-order chi connectivity index (χ0) is 17.3. The van der Waals surface area contributed by atoms with Gasteiger partial charge < -0.3 is 4.74 Å². The maximum absolute atomic E-state index is 12.6. The first kappa shape index (κ1) is 15.8. The molecule has 0 saturated carbocycles. The Bertz CT molecular complexity index is 838. The zero-order valence-electron chi connectivity index (χ0n) is 13.8. The number of hydrazine groups is 1. The molecule has 122 valence electrons. The first-order valence-corrected chi connectivity index (χ1v) is 7.58. The van der Waals surface area contributed by atoms with Crippen LogP contribution < -0.4 is 15.2 Å². The summed E-state index contributed by atoms with van der Waals surface area (Å²) >= 11 is 0. The van der Waals surface area contributed by atoms with Crippen LogP contribution in [0.1, 0.15) is 16.7 Å². The van der Waals surface area contributed by atoms with Gasteiger partial charge in [0.1, 0.15) is 11.3 Å². The molecule has 2 aromatic carbocycles. The summed E-state index contributed by atoms with van der Waals surface area (Å²) in [5.74, 6) is -0.0465. The van der Waals surface area contributed by atoms with Crippen LogP contribution in [-0.4, -0.2) is 18.9 Å². The Hall–Kier alpha value is -3.08. The van der Waals surface area contributed by atoms with E-state index < -0.39 is 5.91 Å². The van der Waals surface area contributed by atoms with Gasteiger partial charge >= 0.3 is 0 Å². The first-order chi connectivity index (χ1) is 11.5. The quantitative estimate of drug-likeness (QED) is 0.698. The van der Waals surface area contributed by atoms with Crippen molar-refractivity contribution in [2.45, 2.75) is 13.8 Å². The molecule has 2 aromatic rings. The number of carbonyl (C=O) groups excluding carboxylic acids is 2. The van der Waals surface area contributed by atoms with E-state index in [4.69, 9.17) is 4.74 Å². The third kappa shape index (κ3) is 2.88. The number of nitrogens with zero attached hydrogens (tertiary/aromatic N) is 1. The molecular formula is C19H18N2O3. The standard InChI is InChI=1S/C19H18N2O3/c1-12-4-9-17(13(2)10-12)21-19(23)16(18(22)20-21)11-14-5-7-15(24-3)8-6-14/h4-11H,1-3H3,(H,20,22). The molecule has 1 saturated heterocycles. The average molecular weight is 322 g/mol. The monoisotopic (exact) mass is 322 g/mol. The van der Waals surface area contributed by atoms with Crippen molar-refractivity contribution in [1.29, 1.82) is 0 Å². The number of methoxy groups -OCH3 is 1. The highest BCUT2D eigenvalue weighted by molar-refractivity contribution is 6.31. The van der Waals surface area contributed by atoms with Crippen molar-refractivity contribution in [1.82, 2.24) is 5.43 Å². The molecule has 0 unspecified atom stereocenters. The molecule has 2 amide bonds. The van der Waals surface area contributed by atoms with E-state index in [1.54, 1.807) is 37.5 Å². The second kappa shape index (κ2) is 6.20. The number of carbonyl (C=O) groups is 2. The zero-order valence-corrected chi connectivity index (χ0v) is 13.8. The lowest BCUT2D eigenvalue weighted by atomic mass is 10.1. The Morgan fingerprint density at radius 3 is 2.38 bits per heavy atom. The summed E-state index contributed by atoms with van der Waals surface area (Å²) in [6.45, 7) is 3.89. The van der Waals surface area contributed by atoms with Crippen molar-refractivity contribution in [3.05, 3.63) is 64.7 Å². The molecule has 0 aliphatic carbocycles. The lowest BCUT2D eigenvalue weighted by Gasteiger charge is -2.17. The van der Waals surface area contributed by atoms with E-state index in [2.05, 4.69) is 5.43 Å². The predicted molar refractivity (Wildman–Crippen MR) is 92.5 cm³/mol. The van der Waals surface area contributed by atoms with E-state index in [0.29, 0.717) is 5.69 Å². The molecular weight excluding hydrogens is 304 g/mol. The van der Waals surface area contributed by atoms with Gasteiger partial charge in [0.2, 0.25) is 0 Å². The van der Waals surface area contributed by atoms with Crippen LogP contribution >= 0.6 is 0 Å². The fourth-order valence-electron chi connectivity index (χ4n) is 2.65. The van der Waals surface area contributed by atoms with Crippen molar-refractivity contribution in [3.63, 3.8) is 0 Å². The van der Waals surface area contributed by atoms with E-state index in [1.807, 2.05) is 32.0 Å². The number of benzene rings is 2. The summed E-state index contributed by atoms with van der Waals surface area (Å²) < 4.78 is 5.10. The topological polar surface area (TPSA) is 58.6 Å². The fraction of sp³-hybridized carbons (Fsp3) is 0.158. The van der Waals surface area contributed by atoms with Crippen molar-refractivity contribution in [2.24, 2.45) is 0 Å². The van der Waals surface area contributed by atoms with Crippen molar-refractivity contribution in [2.75, 3.05) is 12.1 Å². The molecule has 0 bridgehead atoms. The summed E-state index contributed by atoms with van der Waals surface area (Å²) in [7, 11) is 1.59. The van der Waals surface area contributed by atoms with Crippen LogP contribution in [0.5, 0.6) is 5.75 Å². The number of hydrogen-bond donors (Lipinski definition) is 1. The lowest BCUT2D eigenvalue weighted by molar-refractivity contribution is -0.117. The van der Waals surface area contributed by atoms with E-state index in [9.17, 15) is 9.59 Å². The Morgan fingerprint density at radius 2 is 1.75 bits per heavy atom. The second-order valence-corrected chi connectivity index (χ2v) is 5.70. The number of ether oxygens (including phenoxy) is 1. The van der Waals surface area contributed by atoms with Crippen LogP contribution in [0.4, 0.5) is 5.69 Å². The lowest BCUT2D eigenvalue weighted by Crippen LogP contribution is -2.36. The van der Waals surface area contributed by atoms with E-state index in [0.717, 1.165) is 22.4 Å². The number of nitrogens with one attached hydrogen (secondary N) is 1. The minimum absolute atomic E-state index is 0.111. The molecule has 1 heterocycles. The van der Waals surface area contributed by atoms with Crippen LogP contribution in [0.3, 0.4) is 0 Å². The van der Waals surface area contributed by atoms with Gasteiger partial charge in [-0.3, -0.25) is 15.0 Å². The third-order valence-electron chi connectivity index (χ3n) is 3.91. The highest BCUT2D eigenvalue weighted by Gasteiger charge is 2.35. The van der Waals surface area contributed by atoms with Crippen molar-refractivity contribution < 1.29 is 14.3 Å². The van der Waals surface area contributed by atoms with E-state index in [1.165, 1.54) is 5.01 Å². The minimum atomic E-state index is -0.407.